The highest BCUT2D eigenvalue weighted by atomic mass is 16.5. The third kappa shape index (κ3) is 5.56. The molecule has 0 saturated carbocycles. The van der Waals surface area contributed by atoms with Crippen molar-refractivity contribution in [2.24, 2.45) is 0 Å². The number of benzene rings is 2. The Bertz CT molecular complexity index is 788. The molecule has 0 atom stereocenters. The molecule has 1 saturated heterocycles. The van der Waals surface area contributed by atoms with E-state index >= 15 is 0 Å². The van der Waals surface area contributed by atoms with Gasteiger partial charge in [-0.3, -0.25) is 4.79 Å². The second kappa shape index (κ2) is 10.6. The minimum atomic E-state index is 0.186. The van der Waals surface area contributed by atoms with Crippen LogP contribution in [0, 0.1) is 0 Å². The molecule has 1 amide bonds. The van der Waals surface area contributed by atoms with Crippen molar-refractivity contribution >= 4 is 11.6 Å². The molecule has 1 aliphatic rings. The van der Waals surface area contributed by atoms with Gasteiger partial charge in [-0.2, -0.15) is 0 Å². The van der Waals surface area contributed by atoms with Crippen LogP contribution in [0.25, 0.3) is 0 Å². The SMILES string of the molecule is CCOc1ccccc1OCCCC(=O)N1CCN(c2ccccc2OC)CC1. The molecule has 1 heterocycles. The Hall–Kier alpha value is -2.89. The van der Waals surface area contributed by atoms with Crippen LogP contribution < -0.4 is 19.1 Å². The lowest BCUT2D eigenvalue weighted by Gasteiger charge is -2.36. The molecule has 2 aromatic rings. The van der Waals surface area contributed by atoms with Crippen molar-refractivity contribution in [1.82, 2.24) is 4.90 Å². The van der Waals surface area contributed by atoms with Crippen molar-refractivity contribution in [2.75, 3.05) is 51.4 Å². The molecule has 29 heavy (non-hydrogen) atoms. The number of methoxy groups -OCH3 is 1. The minimum Gasteiger partial charge on any atom is -0.495 e. The number of para-hydroxylation sites is 4. The van der Waals surface area contributed by atoms with E-state index in [1.165, 1.54) is 0 Å². The van der Waals surface area contributed by atoms with E-state index in [0.29, 0.717) is 26.1 Å². The summed E-state index contributed by atoms with van der Waals surface area (Å²) in [5.74, 6) is 2.53. The van der Waals surface area contributed by atoms with Crippen molar-refractivity contribution in [3.63, 3.8) is 0 Å². The summed E-state index contributed by atoms with van der Waals surface area (Å²) in [5.41, 5.74) is 1.09. The molecule has 0 unspecified atom stereocenters. The molecule has 2 aromatic carbocycles. The summed E-state index contributed by atoms with van der Waals surface area (Å²) in [5, 5.41) is 0. The van der Waals surface area contributed by atoms with Crippen LogP contribution in [0.2, 0.25) is 0 Å². The number of hydrogen-bond acceptors (Lipinski definition) is 5. The number of nitrogens with zero attached hydrogens (tertiary/aromatic N) is 2. The van der Waals surface area contributed by atoms with E-state index in [2.05, 4.69) is 11.0 Å². The molecular formula is C23H30N2O4. The molecule has 1 aliphatic heterocycles. The molecule has 3 rings (SSSR count). The lowest BCUT2D eigenvalue weighted by Crippen LogP contribution is -2.48. The second-order valence-electron chi connectivity index (χ2n) is 6.87. The van der Waals surface area contributed by atoms with E-state index < -0.39 is 0 Å². The lowest BCUT2D eigenvalue weighted by atomic mass is 10.2. The van der Waals surface area contributed by atoms with Crippen LogP contribution in [0.5, 0.6) is 17.2 Å². The molecule has 6 nitrogen and oxygen atoms in total. The van der Waals surface area contributed by atoms with E-state index in [9.17, 15) is 4.79 Å². The van der Waals surface area contributed by atoms with Gasteiger partial charge in [0.05, 0.1) is 26.0 Å². The first-order valence-corrected chi connectivity index (χ1v) is 10.2. The largest absolute Gasteiger partial charge is 0.495 e. The van der Waals surface area contributed by atoms with Crippen LogP contribution >= 0.6 is 0 Å². The van der Waals surface area contributed by atoms with Gasteiger partial charge in [0.15, 0.2) is 11.5 Å². The maximum absolute atomic E-state index is 12.5. The second-order valence-corrected chi connectivity index (χ2v) is 6.87. The highest BCUT2D eigenvalue weighted by Gasteiger charge is 2.22. The molecule has 0 N–H and O–H groups in total. The monoisotopic (exact) mass is 398 g/mol. The minimum absolute atomic E-state index is 0.186. The third-order valence-corrected chi connectivity index (χ3v) is 5.00. The van der Waals surface area contributed by atoms with E-state index in [0.717, 1.165) is 49.1 Å². The number of hydrogen-bond donors (Lipinski definition) is 0. The zero-order valence-electron chi connectivity index (χ0n) is 17.3. The van der Waals surface area contributed by atoms with E-state index in [1.807, 2.05) is 54.3 Å². The fraction of sp³-hybridized carbons (Fsp3) is 0.435. The maximum Gasteiger partial charge on any atom is 0.222 e. The molecular weight excluding hydrogens is 368 g/mol. The molecule has 156 valence electrons. The predicted octanol–water partition coefficient (Wildman–Crippen LogP) is 3.60. The van der Waals surface area contributed by atoms with Gasteiger partial charge in [-0.1, -0.05) is 24.3 Å². The maximum atomic E-state index is 12.5. The summed E-state index contributed by atoms with van der Waals surface area (Å²) in [4.78, 5) is 16.8. The van der Waals surface area contributed by atoms with Gasteiger partial charge in [0, 0.05) is 32.6 Å². The van der Waals surface area contributed by atoms with E-state index in [4.69, 9.17) is 14.2 Å². The standard InChI is InChI=1S/C23H30N2O4/c1-3-28-21-11-6-7-12-22(21)29-18-8-13-23(26)25-16-14-24(15-17-25)19-9-4-5-10-20(19)27-2/h4-7,9-12H,3,8,13-18H2,1-2H3. The van der Waals surface area contributed by atoms with Crippen LogP contribution in [0.1, 0.15) is 19.8 Å². The van der Waals surface area contributed by atoms with Gasteiger partial charge in [0.25, 0.3) is 0 Å². The lowest BCUT2D eigenvalue weighted by molar-refractivity contribution is -0.131. The van der Waals surface area contributed by atoms with Crippen molar-refractivity contribution in [3.05, 3.63) is 48.5 Å². The van der Waals surface area contributed by atoms with Crippen LogP contribution in [-0.2, 0) is 4.79 Å². The first kappa shape index (κ1) is 20.8. The van der Waals surface area contributed by atoms with Crippen molar-refractivity contribution in [3.8, 4) is 17.2 Å². The summed E-state index contributed by atoms with van der Waals surface area (Å²) in [6.07, 6.45) is 1.18. The summed E-state index contributed by atoms with van der Waals surface area (Å²) < 4.78 is 16.8. The van der Waals surface area contributed by atoms with Crippen LogP contribution in [0.4, 0.5) is 5.69 Å². The van der Waals surface area contributed by atoms with Crippen LogP contribution in [0.15, 0.2) is 48.5 Å². The van der Waals surface area contributed by atoms with Gasteiger partial charge in [-0.15, -0.1) is 0 Å². The Labute approximate surface area is 173 Å². The Morgan fingerprint density at radius 3 is 2.17 bits per heavy atom. The molecule has 0 radical (unpaired) electrons. The Kier molecular flexibility index (Phi) is 7.61. The summed E-state index contributed by atoms with van der Waals surface area (Å²) in [6, 6.07) is 15.6. The number of ether oxygens (including phenoxy) is 3. The third-order valence-electron chi connectivity index (χ3n) is 5.00. The van der Waals surface area contributed by atoms with Crippen molar-refractivity contribution in [1.29, 1.82) is 0 Å². The quantitative estimate of drug-likeness (QED) is 0.604. The predicted molar refractivity (Wildman–Crippen MR) is 114 cm³/mol. The number of amides is 1. The van der Waals surface area contributed by atoms with Gasteiger partial charge in [-0.05, 0) is 37.6 Å². The van der Waals surface area contributed by atoms with Gasteiger partial charge < -0.3 is 24.0 Å². The Morgan fingerprint density at radius 2 is 1.52 bits per heavy atom. The Balaban J connectivity index is 1.41. The number of anilines is 1. The first-order chi connectivity index (χ1) is 14.2. The highest BCUT2D eigenvalue weighted by molar-refractivity contribution is 5.76. The van der Waals surface area contributed by atoms with Gasteiger partial charge >= 0.3 is 0 Å². The summed E-state index contributed by atoms with van der Waals surface area (Å²) >= 11 is 0. The van der Waals surface area contributed by atoms with Crippen LogP contribution in [-0.4, -0.2) is 57.3 Å². The molecule has 0 aliphatic carbocycles. The molecule has 1 fully saturated rings. The fourth-order valence-corrected chi connectivity index (χ4v) is 3.50. The topological polar surface area (TPSA) is 51.2 Å². The van der Waals surface area contributed by atoms with Gasteiger partial charge in [-0.25, -0.2) is 0 Å². The van der Waals surface area contributed by atoms with Gasteiger partial charge in [0.1, 0.15) is 5.75 Å². The van der Waals surface area contributed by atoms with Gasteiger partial charge in [0.2, 0.25) is 5.91 Å². The first-order valence-electron chi connectivity index (χ1n) is 10.2. The average Bonchev–Trinajstić information content (AvgIpc) is 2.78. The summed E-state index contributed by atoms with van der Waals surface area (Å²) in [7, 11) is 1.69. The van der Waals surface area contributed by atoms with Crippen molar-refractivity contribution in [2.45, 2.75) is 19.8 Å². The van der Waals surface area contributed by atoms with E-state index in [-0.39, 0.29) is 5.91 Å². The number of carbonyl (C=O) groups is 1. The number of carbonyl (C=O) groups excluding carboxylic acids is 1. The van der Waals surface area contributed by atoms with E-state index in [1.54, 1.807) is 7.11 Å². The summed E-state index contributed by atoms with van der Waals surface area (Å²) in [6.45, 7) is 6.12. The average molecular weight is 399 g/mol. The molecule has 0 aromatic heterocycles. The number of rotatable bonds is 9. The molecule has 0 spiro atoms. The Morgan fingerprint density at radius 1 is 0.897 bits per heavy atom. The molecule has 6 heteroatoms. The smallest absolute Gasteiger partial charge is 0.222 e. The highest BCUT2D eigenvalue weighted by Crippen LogP contribution is 2.29. The molecule has 0 bridgehead atoms. The van der Waals surface area contributed by atoms with Crippen LogP contribution in [0.3, 0.4) is 0 Å². The normalized spacial score (nSPS) is 13.9. The zero-order valence-corrected chi connectivity index (χ0v) is 17.3. The van der Waals surface area contributed by atoms with Crippen molar-refractivity contribution < 1.29 is 19.0 Å². The number of piperazine rings is 1. The fourth-order valence-electron chi connectivity index (χ4n) is 3.50. The zero-order chi connectivity index (χ0) is 20.5.